The average Bonchev–Trinajstić information content (AvgIpc) is 3.08. The van der Waals surface area contributed by atoms with E-state index in [0.717, 1.165) is 57.3 Å². The first-order valence-electron chi connectivity index (χ1n) is 21.0. The zero-order valence-corrected chi connectivity index (χ0v) is 32.4. The summed E-state index contributed by atoms with van der Waals surface area (Å²) in [5, 5.41) is 0. The van der Waals surface area contributed by atoms with Crippen LogP contribution in [0.3, 0.4) is 0 Å². The van der Waals surface area contributed by atoms with Gasteiger partial charge in [-0.2, -0.15) is 0 Å². The fourth-order valence-corrected chi connectivity index (χ4v) is 6.44. The van der Waals surface area contributed by atoms with E-state index in [0.29, 0.717) is 19.3 Å². The van der Waals surface area contributed by atoms with Crippen molar-refractivity contribution in [3.63, 3.8) is 0 Å². The Morgan fingerprint density at radius 3 is 1.12 bits per heavy atom. The molecule has 0 aromatic carbocycles. The molecule has 0 aliphatic heterocycles. The molecule has 6 heteroatoms. The summed E-state index contributed by atoms with van der Waals surface area (Å²) in [4.78, 5) is 37.7. The molecule has 0 spiro atoms. The monoisotopic (exact) mass is 681 g/mol. The molecule has 0 fully saturated rings. The van der Waals surface area contributed by atoms with Crippen LogP contribution in [-0.4, -0.2) is 37.2 Å². The number of hydrogen-bond donors (Lipinski definition) is 0. The van der Waals surface area contributed by atoms with Gasteiger partial charge in [0, 0.05) is 19.3 Å². The predicted octanol–water partition coefficient (Wildman–Crippen LogP) is 12.8. The van der Waals surface area contributed by atoms with E-state index in [-0.39, 0.29) is 31.1 Å². The standard InChI is InChI=1S/C42H80O6/c1-5-9-12-15-17-19-21-23-26-33-40(43)46-36-39(48-42(45)35-27-24-22-20-18-16-13-10-6-2)37-47-41(44)34-29-28-32-38(30-8-4)31-25-14-11-7-3/h38-39H,5-37H2,1-4H3. The molecule has 284 valence electrons. The van der Waals surface area contributed by atoms with Gasteiger partial charge in [0.05, 0.1) is 0 Å². The van der Waals surface area contributed by atoms with Crippen LogP contribution < -0.4 is 0 Å². The third-order valence-corrected chi connectivity index (χ3v) is 9.53. The summed E-state index contributed by atoms with van der Waals surface area (Å²) in [7, 11) is 0. The van der Waals surface area contributed by atoms with E-state index in [1.54, 1.807) is 0 Å². The minimum absolute atomic E-state index is 0.0657. The third-order valence-electron chi connectivity index (χ3n) is 9.53. The maximum Gasteiger partial charge on any atom is 0.306 e. The second-order valence-corrected chi connectivity index (χ2v) is 14.4. The van der Waals surface area contributed by atoms with E-state index in [1.807, 2.05) is 0 Å². The summed E-state index contributed by atoms with van der Waals surface area (Å²) in [6, 6.07) is 0. The van der Waals surface area contributed by atoms with Gasteiger partial charge in [0.2, 0.25) is 0 Å². The highest BCUT2D eigenvalue weighted by atomic mass is 16.6. The van der Waals surface area contributed by atoms with Crippen molar-refractivity contribution in [3.8, 4) is 0 Å². The molecule has 0 saturated carbocycles. The highest BCUT2D eigenvalue weighted by Gasteiger charge is 2.19. The van der Waals surface area contributed by atoms with Crippen molar-refractivity contribution >= 4 is 17.9 Å². The Morgan fingerprint density at radius 1 is 0.375 bits per heavy atom. The Balaban J connectivity index is 4.53. The van der Waals surface area contributed by atoms with Gasteiger partial charge >= 0.3 is 17.9 Å². The normalized spacial score (nSPS) is 12.5. The fourth-order valence-electron chi connectivity index (χ4n) is 6.44. The summed E-state index contributed by atoms with van der Waals surface area (Å²) < 4.78 is 16.7. The first-order chi connectivity index (χ1) is 23.5. The Hall–Kier alpha value is -1.59. The molecule has 0 saturated heterocycles. The zero-order valence-electron chi connectivity index (χ0n) is 32.4. The molecule has 6 nitrogen and oxygen atoms in total. The number of hydrogen-bond acceptors (Lipinski definition) is 6. The third kappa shape index (κ3) is 32.9. The number of ether oxygens (including phenoxy) is 3. The molecule has 0 amide bonds. The Morgan fingerprint density at radius 2 is 0.708 bits per heavy atom. The van der Waals surface area contributed by atoms with Crippen molar-refractivity contribution in [1.29, 1.82) is 0 Å². The molecule has 0 heterocycles. The average molecular weight is 681 g/mol. The number of carbonyl (C=O) groups excluding carboxylic acids is 3. The highest BCUT2D eigenvalue weighted by molar-refractivity contribution is 5.71. The highest BCUT2D eigenvalue weighted by Crippen LogP contribution is 2.22. The summed E-state index contributed by atoms with van der Waals surface area (Å²) >= 11 is 0. The van der Waals surface area contributed by atoms with Crippen LogP contribution in [0.4, 0.5) is 0 Å². The number of rotatable bonds is 37. The van der Waals surface area contributed by atoms with E-state index in [1.165, 1.54) is 128 Å². The SMILES string of the molecule is CCCCCCCCCCCC(=O)OCC(COC(=O)CCCCC(CCC)CCCCCC)OC(=O)CCCCCCCCCCC. The molecule has 0 aromatic rings. The van der Waals surface area contributed by atoms with Crippen molar-refractivity contribution in [3.05, 3.63) is 0 Å². The van der Waals surface area contributed by atoms with Crippen molar-refractivity contribution in [2.24, 2.45) is 5.92 Å². The first kappa shape index (κ1) is 46.4. The largest absolute Gasteiger partial charge is 0.462 e. The fraction of sp³-hybridized carbons (Fsp3) is 0.929. The van der Waals surface area contributed by atoms with Crippen LogP contribution in [0.2, 0.25) is 0 Å². The van der Waals surface area contributed by atoms with E-state index in [2.05, 4.69) is 27.7 Å². The van der Waals surface area contributed by atoms with Gasteiger partial charge in [-0.15, -0.1) is 0 Å². The molecule has 0 aliphatic rings. The Kier molecular flexibility index (Phi) is 35.5. The molecular weight excluding hydrogens is 600 g/mol. The molecule has 0 aromatic heterocycles. The van der Waals surface area contributed by atoms with Gasteiger partial charge in [0.15, 0.2) is 6.10 Å². The van der Waals surface area contributed by atoms with Crippen LogP contribution >= 0.6 is 0 Å². The van der Waals surface area contributed by atoms with E-state index < -0.39 is 6.10 Å². The second-order valence-electron chi connectivity index (χ2n) is 14.4. The Bertz CT molecular complexity index is 723. The van der Waals surface area contributed by atoms with Crippen molar-refractivity contribution in [2.45, 2.75) is 233 Å². The lowest BCUT2D eigenvalue weighted by Crippen LogP contribution is -2.30. The zero-order chi connectivity index (χ0) is 35.3. The van der Waals surface area contributed by atoms with Crippen LogP contribution in [0.25, 0.3) is 0 Å². The lowest BCUT2D eigenvalue weighted by molar-refractivity contribution is -0.167. The second kappa shape index (κ2) is 36.7. The lowest BCUT2D eigenvalue weighted by Gasteiger charge is -2.18. The minimum Gasteiger partial charge on any atom is -0.462 e. The molecule has 0 bridgehead atoms. The molecule has 2 unspecified atom stereocenters. The molecule has 0 radical (unpaired) electrons. The number of carbonyl (C=O) groups is 3. The Labute approximate surface area is 298 Å². The van der Waals surface area contributed by atoms with Crippen LogP contribution in [0.5, 0.6) is 0 Å². The topological polar surface area (TPSA) is 78.9 Å². The lowest BCUT2D eigenvalue weighted by atomic mass is 9.91. The van der Waals surface area contributed by atoms with E-state index in [9.17, 15) is 14.4 Å². The van der Waals surface area contributed by atoms with Crippen molar-refractivity contribution in [1.82, 2.24) is 0 Å². The summed E-state index contributed by atoms with van der Waals surface area (Å²) in [5.41, 5.74) is 0. The molecular formula is C42H80O6. The molecule has 2 atom stereocenters. The van der Waals surface area contributed by atoms with Crippen LogP contribution in [0.15, 0.2) is 0 Å². The van der Waals surface area contributed by atoms with E-state index in [4.69, 9.17) is 14.2 Å². The maximum atomic E-state index is 12.6. The van der Waals surface area contributed by atoms with E-state index >= 15 is 0 Å². The van der Waals surface area contributed by atoms with Gasteiger partial charge < -0.3 is 14.2 Å². The quantitative estimate of drug-likeness (QED) is 0.0369. The minimum atomic E-state index is -0.760. The van der Waals surface area contributed by atoms with Crippen molar-refractivity contribution < 1.29 is 28.6 Å². The van der Waals surface area contributed by atoms with Gasteiger partial charge in [-0.05, 0) is 25.2 Å². The van der Waals surface area contributed by atoms with Crippen LogP contribution in [0.1, 0.15) is 227 Å². The molecule has 0 rings (SSSR count). The summed E-state index contributed by atoms with van der Waals surface area (Å²) in [5.74, 6) is -0.107. The predicted molar refractivity (Wildman–Crippen MR) is 201 cm³/mol. The number of unbranched alkanes of at least 4 members (excludes halogenated alkanes) is 20. The van der Waals surface area contributed by atoms with Gasteiger partial charge in [-0.3, -0.25) is 14.4 Å². The van der Waals surface area contributed by atoms with Gasteiger partial charge in [-0.25, -0.2) is 0 Å². The number of esters is 3. The molecule has 48 heavy (non-hydrogen) atoms. The van der Waals surface area contributed by atoms with Crippen molar-refractivity contribution in [2.75, 3.05) is 13.2 Å². The van der Waals surface area contributed by atoms with Gasteiger partial charge in [0.1, 0.15) is 13.2 Å². The van der Waals surface area contributed by atoms with Crippen LogP contribution in [0, 0.1) is 5.92 Å². The first-order valence-corrected chi connectivity index (χ1v) is 21.0. The maximum absolute atomic E-state index is 12.6. The summed E-state index contributed by atoms with van der Waals surface area (Å²) in [6.45, 7) is 8.84. The van der Waals surface area contributed by atoms with Crippen LogP contribution in [-0.2, 0) is 28.6 Å². The van der Waals surface area contributed by atoms with Gasteiger partial charge in [0.25, 0.3) is 0 Å². The summed E-state index contributed by atoms with van der Waals surface area (Å²) in [6.07, 6.45) is 33.6. The molecule has 0 N–H and O–H groups in total. The van der Waals surface area contributed by atoms with Gasteiger partial charge in [-0.1, -0.05) is 188 Å². The molecule has 0 aliphatic carbocycles. The smallest absolute Gasteiger partial charge is 0.306 e.